The summed E-state index contributed by atoms with van der Waals surface area (Å²) >= 11 is 0. The Hall–Kier alpha value is -2.86. The largest absolute Gasteiger partial charge is 0.490 e. The summed E-state index contributed by atoms with van der Waals surface area (Å²) in [6, 6.07) is 23.1. The molecule has 0 amide bonds. The van der Waals surface area contributed by atoms with Crippen LogP contribution in [0.3, 0.4) is 0 Å². The third-order valence-corrected chi connectivity index (χ3v) is 5.47. The van der Waals surface area contributed by atoms with Crippen molar-refractivity contribution in [2.75, 3.05) is 6.54 Å². The van der Waals surface area contributed by atoms with E-state index in [2.05, 4.69) is 31.3 Å². The summed E-state index contributed by atoms with van der Waals surface area (Å²) in [5.41, 5.74) is 3.94. The topological polar surface area (TPSA) is 78.8 Å². The van der Waals surface area contributed by atoms with Crippen molar-refractivity contribution < 1.29 is 19.7 Å². The van der Waals surface area contributed by atoms with Crippen molar-refractivity contribution in [2.45, 2.75) is 51.9 Å². The van der Waals surface area contributed by atoms with Crippen LogP contribution in [-0.2, 0) is 6.42 Å². The fraction of sp³-hybridized carbons (Fsp3) is 0.321. The third-order valence-electron chi connectivity index (χ3n) is 5.47. The van der Waals surface area contributed by atoms with E-state index in [0.29, 0.717) is 12.3 Å². The van der Waals surface area contributed by atoms with Crippen LogP contribution in [0.4, 0.5) is 0 Å². The lowest BCUT2D eigenvalue weighted by Crippen LogP contribution is -2.43. The number of halogens is 1. The number of aliphatic hydroxyl groups excluding tert-OH is 1. The first-order valence-electron chi connectivity index (χ1n) is 11.3. The number of hydrogen-bond donors (Lipinski definition) is 3. The maximum absolute atomic E-state index is 11.5. The summed E-state index contributed by atoms with van der Waals surface area (Å²) in [7, 11) is 0. The van der Waals surface area contributed by atoms with Gasteiger partial charge in [0, 0.05) is 12.1 Å². The monoisotopic (exact) mass is 483 g/mol. The molecule has 6 heteroatoms. The summed E-state index contributed by atoms with van der Waals surface area (Å²) in [6.07, 6.45) is 0.133. The van der Waals surface area contributed by atoms with Crippen LogP contribution < -0.4 is 10.1 Å². The van der Waals surface area contributed by atoms with Gasteiger partial charge in [0.25, 0.3) is 0 Å². The Morgan fingerprint density at radius 2 is 1.59 bits per heavy atom. The van der Waals surface area contributed by atoms with E-state index < -0.39 is 12.1 Å². The maximum atomic E-state index is 11.5. The second-order valence-corrected chi connectivity index (χ2v) is 9.25. The van der Waals surface area contributed by atoms with Crippen LogP contribution in [0, 0.1) is 0 Å². The van der Waals surface area contributed by atoms with E-state index in [1.165, 1.54) is 5.56 Å². The van der Waals surface area contributed by atoms with Gasteiger partial charge in [-0.1, -0.05) is 60.7 Å². The van der Waals surface area contributed by atoms with Crippen LogP contribution in [0.5, 0.6) is 5.75 Å². The van der Waals surface area contributed by atoms with Crippen molar-refractivity contribution in [1.82, 2.24) is 5.32 Å². The molecule has 1 atom stereocenters. The highest BCUT2D eigenvalue weighted by molar-refractivity contribution is 5.92. The summed E-state index contributed by atoms with van der Waals surface area (Å²) in [4.78, 5) is 11.5. The average molecular weight is 484 g/mol. The Morgan fingerprint density at radius 3 is 2.18 bits per heavy atom. The van der Waals surface area contributed by atoms with Crippen LogP contribution in [0.15, 0.2) is 72.8 Å². The number of rotatable bonds is 10. The maximum Gasteiger partial charge on any atom is 0.339 e. The van der Waals surface area contributed by atoms with E-state index in [9.17, 15) is 15.0 Å². The van der Waals surface area contributed by atoms with Crippen molar-refractivity contribution in [2.24, 2.45) is 0 Å². The number of nitrogens with one attached hydrogen (secondary N) is 1. The zero-order chi connectivity index (χ0) is 24.0. The molecule has 0 saturated carbocycles. The predicted molar refractivity (Wildman–Crippen MR) is 139 cm³/mol. The molecule has 0 unspecified atom stereocenters. The van der Waals surface area contributed by atoms with Crippen molar-refractivity contribution >= 4 is 18.4 Å². The number of carboxylic acid groups (broad SMARTS) is 1. The van der Waals surface area contributed by atoms with Gasteiger partial charge in [0.15, 0.2) is 0 Å². The normalized spacial score (nSPS) is 12.2. The molecule has 5 nitrogen and oxygen atoms in total. The average Bonchev–Trinajstić information content (AvgIpc) is 2.78. The van der Waals surface area contributed by atoms with Crippen LogP contribution in [0.2, 0.25) is 0 Å². The smallest absolute Gasteiger partial charge is 0.339 e. The summed E-state index contributed by atoms with van der Waals surface area (Å²) < 4.78 is 5.73. The van der Waals surface area contributed by atoms with Gasteiger partial charge in [-0.2, -0.15) is 0 Å². The lowest BCUT2D eigenvalue weighted by molar-refractivity contribution is 0.0690. The van der Waals surface area contributed by atoms with Crippen molar-refractivity contribution in [3.05, 3.63) is 89.5 Å². The number of β-amino-alcohol motifs (C(OH)–C–C–N with tert-alkyl or cyclic N) is 1. The van der Waals surface area contributed by atoms with E-state index in [1.54, 1.807) is 12.1 Å². The number of carboxylic acids is 1. The molecule has 3 N–H and O–H groups in total. The molecule has 0 aliphatic carbocycles. The minimum atomic E-state index is -1.00. The second kappa shape index (κ2) is 12.0. The van der Waals surface area contributed by atoms with Crippen LogP contribution in [-0.4, -0.2) is 34.4 Å². The highest BCUT2D eigenvalue weighted by Gasteiger charge is 2.20. The first-order chi connectivity index (χ1) is 15.6. The quantitative estimate of drug-likeness (QED) is 0.334. The molecule has 3 aromatic carbocycles. The van der Waals surface area contributed by atoms with E-state index in [4.69, 9.17) is 4.74 Å². The third kappa shape index (κ3) is 7.59. The van der Waals surface area contributed by atoms with Crippen LogP contribution in [0.25, 0.3) is 11.1 Å². The summed E-state index contributed by atoms with van der Waals surface area (Å²) in [5, 5.41) is 23.3. The zero-order valence-electron chi connectivity index (χ0n) is 20.1. The number of ether oxygens (including phenoxy) is 1. The summed E-state index contributed by atoms with van der Waals surface area (Å²) in [6.45, 7) is 8.48. The Bertz CT molecular complexity index is 1070. The minimum absolute atomic E-state index is 0. The van der Waals surface area contributed by atoms with Crippen molar-refractivity contribution in [3.63, 3.8) is 0 Å². The SMILES string of the molecule is CC(C)Oc1cc(-c2ccc(CC(C)(C)NC[C@@H](O)c3ccccc3)cc2)ccc1C(=O)O.Cl. The fourth-order valence-electron chi connectivity index (χ4n) is 3.78. The van der Waals surface area contributed by atoms with Gasteiger partial charge in [-0.25, -0.2) is 4.79 Å². The zero-order valence-corrected chi connectivity index (χ0v) is 20.9. The Balaban J connectivity index is 0.00000408. The number of aromatic carboxylic acids is 1. The molecule has 0 aliphatic heterocycles. The Morgan fingerprint density at radius 1 is 0.971 bits per heavy atom. The first-order valence-corrected chi connectivity index (χ1v) is 11.3. The second-order valence-electron chi connectivity index (χ2n) is 9.25. The van der Waals surface area contributed by atoms with E-state index in [0.717, 1.165) is 23.1 Å². The van der Waals surface area contributed by atoms with E-state index in [-0.39, 0.29) is 29.6 Å². The number of benzene rings is 3. The van der Waals surface area contributed by atoms with Crippen LogP contribution in [0.1, 0.15) is 55.3 Å². The predicted octanol–water partition coefficient (Wildman–Crippen LogP) is 5.91. The van der Waals surface area contributed by atoms with E-state index >= 15 is 0 Å². The number of carbonyl (C=O) groups is 1. The molecule has 3 rings (SSSR count). The number of hydrogen-bond acceptors (Lipinski definition) is 4. The number of aliphatic hydroxyl groups is 1. The molecule has 0 heterocycles. The summed E-state index contributed by atoms with van der Waals surface area (Å²) in [5.74, 6) is -0.624. The highest BCUT2D eigenvalue weighted by Crippen LogP contribution is 2.29. The molecular formula is C28H34ClNO4. The van der Waals surface area contributed by atoms with Crippen LogP contribution >= 0.6 is 12.4 Å². The Kier molecular flexibility index (Phi) is 9.68. The molecule has 0 aromatic heterocycles. The lowest BCUT2D eigenvalue weighted by atomic mass is 9.93. The highest BCUT2D eigenvalue weighted by atomic mass is 35.5. The molecule has 0 spiro atoms. The first kappa shape index (κ1) is 27.4. The minimum Gasteiger partial charge on any atom is -0.490 e. The van der Waals surface area contributed by atoms with Gasteiger partial charge in [0.1, 0.15) is 11.3 Å². The van der Waals surface area contributed by atoms with Crippen molar-refractivity contribution in [1.29, 1.82) is 0 Å². The molecule has 0 fully saturated rings. The van der Waals surface area contributed by atoms with Gasteiger partial charge in [0.2, 0.25) is 0 Å². The van der Waals surface area contributed by atoms with E-state index in [1.807, 2.05) is 62.4 Å². The van der Waals surface area contributed by atoms with Crippen molar-refractivity contribution in [3.8, 4) is 16.9 Å². The molecule has 0 bridgehead atoms. The van der Waals surface area contributed by atoms with Gasteiger partial charge in [-0.05, 0) is 68.5 Å². The van der Waals surface area contributed by atoms with Gasteiger partial charge in [-0.15, -0.1) is 12.4 Å². The Labute approximate surface area is 208 Å². The molecule has 0 aliphatic rings. The molecule has 0 radical (unpaired) electrons. The fourth-order valence-corrected chi connectivity index (χ4v) is 3.78. The standard InChI is InChI=1S/C28H33NO4.ClH/c1-19(2)33-26-16-23(14-15-24(26)27(31)32)21-12-10-20(11-13-21)17-28(3,4)29-18-25(30)22-8-6-5-7-9-22;/h5-16,19,25,29-30H,17-18H2,1-4H3,(H,31,32);1H/t25-;/m1./s1. The molecule has 182 valence electrons. The lowest BCUT2D eigenvalue weighted by Gasteiger charge is -2.28. The van der Waals surface area contributed by atoms with Gasteiger partial charge in [-0.3, -0.25) is 0 Å². The van der Waals surface area contributed by atoms with Gasteiger partial charge < -0.3 is 20.3 Å². The molecule has 3 aromatic rings. The van der Waals surface area contributed by atoms with Gasteiger partial charge >= 0.3 is 5.97 Å². The van der Waals surface area contributed by atoms with Gasteiger partial charge in [0.05, 0.1) is 12.2 Å². The molecule has 0 saturated heterocycles. The molecule has 34 heavy (non-hydrogen) atoms. The molecular weight excluding hydrogens is 450 g/mol.